The summed E-state index contributed by atoms with van der Waals surface area (Å²) in [5, 5.41) is 10.8. The minimum Gasteiger partial charge on any atom is -0.467 e. The van der Waals surface area contributed by atoms with E-state index < -0.39 is 0 Å². The number of aromatic nitrogens is 3. The van der Waals surface area contributed by atoms with Gasteiger partial charge in [-0.25, -0.2) is 9.67 Å². The number of anilines is 1. The molecule has 8 heteroatoms. The number of nitrogens with zero attached hydrogens (tertiary/aromatic N) is 3. The number of halogens is 1. The van der Waals surface area contributed by atoms with E-state index in [1.54, 1.807) is 35.5 Å². The molecule has 146 valence electrons. The molecule has 4 rings (SSSR count). The van der Waals surface area contributed by atoms with Crippen molar-refractivity contribution in [2.45, 2.75) is 6.04 Å². The second kappa shape index (κ2) is 8.72. The Morgan fingerprint density at radius 3 is 2.72 bits per heavy atom. The van der Waals surface area contributed by atoms with Crippen LogP contribution in [0.2, 0.25) is 5.02 Å². The summed E-state index contributed by atoms with van der Waals surface area (Å²) < 4.78 is 7.12. The Hall–Kier alpha value is -3.42. The Balaban J connectivity index is 1.49. The van der Waals surface area contributed by atoms with Crippen molar-refractivity contribution in [2.75, 3.05) is 11.9 Å². The largest absolute Gasteiger partial charge is 0.467 e. The van der Waals surface area contributed by atoms with Crippen LogP contribution in [-0.4, -0.2) is 27.2 Å². The molecule has 7 nitrogen and oxygen atoms in total. The van der Waals surface area contributed by atoms with Gasteiger partial charge in [0.05, 0.1) is 30.2 Å². The Morgan fingerprint density at radius 2 is 2.00 bits per heavy atom. The molecule has 0 fully saturated rings. The molecule has 2 N–H and O–H groups in total. The molecule has 0 saturated heterocycles. The van der Waals surface area contributed by atoms with Gasteiger partial charge in [0.1, 0.15) is 18.4 Å². The zero-order chi connectivity index (χ0) is 20.1. The highest BCUT2D eigenvalue weighted by molar-refractivity contribution is 6.31. The van der Waals surface area contributed by atoms with Gasteiger partial charge >= 0.3 is 0 Å². The molecule has 0 aliphatic rings. The lowest BCUT2D eigenvalue weighted by molar-refractivity contribution is -0.115. The van der Waals surface area contributed by atoms with E-state index in [0.717, 1.165) is 11.3 Å². The molecule has 0 unspecified atom stereocenters. The Morgan fingerprint density at radius 1 is 1.14 bits per heavy atom. The summed E-state index contributed by atoms with van der Waals surface area (Å²) in [6, 6.07) is 18.4. The number of carbonyl (C=O) groups is 1. The van der Waals surface area contributed by atoms with Crippen LogP contribution in [0.4, 0.5) is 5.69 Å². The van der Waals surface area contributed by atoms with Gasteiger partial charge in [0.25, 0.3) is 0 Å². The summed E-state index contributed by atoms with van der Waals surface area (Å²) in [5.74, 6) is 0.510. The number of furan rings is 1. The predicted octanol–water partition coefficient (Wildman–Crippen LogP) is 3.83. The van der Waals surface area contributed by atoms with Crippen LogP contribution in [0.5, 0.6) is 0 Å². The first-order chi connectivity index (χ1) is 14.2. The molecular formula is C21H18ClN5O2. The zero-order valence-electron chi connectivity index (χ0n) is 15.3. The van der Waals surface area contributed by atoms with Crippen molar-refractivity contribution < 1.29 is 9.21 Å². The average molecular weight is 408 g/mol. The van der Waals surface area contributed by atoms with Gasteiger partial charge in [0, 0.05) is 5.02 Å². The summed E-state index contributed by atoms with van der Waals surface area (Å²) in [6.07, 6.45) is 4.60. The van der Waals surface area contributed by atoms with Gasteiger partial charge < -0.3 is 9.73 Å². The van der Waals surface area contributed by atoms with Crippen molar-refractivity contribution in [1.82, 2.24) is 20.1 Å². The molecule has 2 aromatic heterocycles. The fraction of sp³-hybridized carbons (Fsp3) is 0.0952. The summed E-state index contributed by atoms with van der Waals surface area (Å²) >= 11 is 6.11. The maximum absolute atomic E-state index is 12.7. The molecule has 0 saturated carbocycles. The van der Waals surface area contributed by atoms with Gasteiger partial charge in [-0.2, -0.15) is 5.10 Å². The molecular weight excluding hydrogens is 390 g/mol. The number of amides is 1. The van der Waals surface area contributed by atoms with Crippen LogP contribution < -0.4 is 10.6 Å². The molecule has 0 bridgehead atoms. The maximum Gasteiger partial charge on any atom is 0.238 e. The van der Waals surface area contributed by atoms with E-state index in [0.29, 0.717) is 16.4 Å². The third kappa shape index (κ3) is 4.53. The Kier molecular flexibility index (Phi) is 5.69. The first kappa shape index (κ1) is 18.9. The van der Waals surface area contributed by atoms with Crippen LogP contribution in [0.1, 0.15) is 17.4 Å². The van der Waals surface area contributed by atoms with Gasteiger partial charge in [0.15, 0.2) is 0 Å². The Labute approximate surface area is 172 Å². The van der Waals surface area contributed by atoms with E-state index in [1.807, 2.05) is 42.5 Å². The number of nitrogens with one attached hydrogen (secondary N) is 2. The monoisotopic (exact) mass is 407 g/mol. The number of hydrogen-bond donors (Lipinski definition) is 2. The van der Waals surface area contributed by atoms with Gasteiger partial charge in [-0.1, -0.05) is 41.9 Å². The lowest BCUT2D eigenvalue weighted by atomic mass is 10.0. The minimum atomic E-state index is -0.244. The lowest BCUT2D eigenvalue weighted by Gasteiger charge is -2.17. The third-order valence-electron chi connectivity index (χ3n) is 4.33. The van der Waals surface area contributed by atoms with Crippen LogP contribution in [0.15, 0.2) is 84.0 Å². The SMILES string of the molecule is O=C(CN[C@@H](c1ccccc1)c1ccco1)Nc1cc(Cl)ccc1-n1cncn1. The molecule has 0 aliphatic carbocycles. The fourth-order valence-electron chi connectivity index (χ4n) is 3.01. The smallest absolute Gasteiger partial charge is 0.238 e. The number of rotatable bonds is 7. The quantitative estimate of drug-likeness (QED) is 0.486. The number of hydrogen-bond acceptors (Lipinski definition) is 5. The van der Waals surface area contributed by atoms with Crippen molar-refractivity contribution in [3.05, 3.63) is 95.9 Å². The van der Waals surface area contributed by atoms with E-state index in [4.69, 9.17) is 16.0 Å². The minimum absolute atomic E-state index is 0.0730. The number of benzene rings is 2. The zero-order valence-corrected chi connectivity index (χ0v) is 16.1. The molecule has 2 heterocycles. The predicted molar refractivity (Wildman–Crippen MR) is 110 cm³/mol. The van der Waals surface area contributed by atoms with E-state index >= 15 is 0 Å². The summed E-state index contributed by atoms with van der Waals surface area (Å²) in [7, 11) is 0. The first-order valence-electron chi connectivity index (χ1n) is 8.97. The van der Waals surface area contributed by atoms with Crippen LogP contribution in [0.25, 0.3) is 5.69 Å². The summed E-state index contributed by atoms with van der Waals surface area (Å²) in [4.78, 5) is 16.6. The van der Waals surface area contributed by atoms with Gasteiger partial charge in [0.2, 0.25) is 5.91 Å². The van der Waals surface area contributed by atoms with E-state index in [2.05, 4.69) is 20.7 Å². The van der Waals surface area contributed by atoms with Crippen LogP contribution in [0.3, 0.4) is 0 Å². The van der Waals surface area contributed by atoms with Crippen LogP contribution in [-0.2, 0) is 4.79 Å². The topological polar surface area (TPSA) is 85.0 Å². The van der Waals surface area contributed by atoms with Crippen LogP contribution in [0, 0.1) is 0 Å². The molecule has 4 aromatic rings. The second-order valence-corrected chi connectivity index (χ2v) is 6.73. The third-order valence-corrected chi connectivity index (χ3v) is 4.56. The standard InChI is InChI=1S/C21H18ClN5O2/c22-16-8-9-18(27-14-23-13-25-27)17(11-16)26-20(28)12-24-21(19-7-4-10-29-19)15-5-2-1-3-6-15/h1-11,13-14,21,24H,12H2,(H,26,28)/t21-/m0/s1. The van der Waals surface area contributed by atoms with Gasteiger partial charge in [-0.3, -0.25) is 10.1 Å². The van der Waals surface area contributed by atoms with E-state index in [1.165, 1.54) is 6.33 Å². The van der Waals surface area contributed by atoms with Crippen molar-refractivity contribution in [2.24, 2.45) is 0 Å². The molecule has 0 spiro atoms. The number of carbonyl (C=O) groups excluding carboxylic acids is 1. The molecule has 0 aliphatic heterocycles. The molecule has 1 atom stereocenters. The van der Waals surface area contributed by atoms with Crippen molar-refractivity contribution in [1.29, 1.82) is 0 Å². The normalized spacial score (nSPS) is 11.9. The van der Waals surface area contributed by atoms with Gasteiger partial charge in [-0.15, -0.1) is 0 Å². The Bertz CT molecular complexity index is 1070. The lowest BCUT2D eigenvalue weighted by Crippen LogP contribution is -2.32. The summed E-state index contributed by atoms with van der Waals surface area (Å²) in [5.41, 5.74) is 2.22. The van der Waals surface area contributed by atoms with Crippen LogP contribution >= 0.6 is 11.6 Å². The van der Waals surface area contributed by atoms with Crippen molar-refractivity contribution in [3.63, 3.8) is 0 Å². The maximum atomic E-state index is 12.7. The summed E-state index contributed by atoms with van der Waals surface area (Å²) in [6.45, 7) is 0.0730. The molecule has 1 amide bonds. The van der Waals surface area contributed by atoms with Gasteiger partial charge in [-0.05, 0) is 35.9 Å². The van der Waals surface area contributed by atoms with Crippen molar-refractivity contribution >= 4 is 23.2 Å². The molecule has 0 radical (unpaired) electrons. The average Bonchev–Trinajstić information content (AvgIpc) is 3.44. The highest BCUT2D eigenvalue weighted by Crippen LogP contribution is 2.25. The van der Waals surface area contributed by atoms with Crippen molar-refractivity contribution in [3.8, 4) is 5.69 Å². The highest BCUT2D eigenvalue weighted by atomic mass is 35.5. The fourth-order valence-corrected chi connectivity index (χ4v) is 3.19. The van der Waals surface area contributed by atoms with E-state index in [9.17, 15) is 4.79 Å². The first-order valence-corrected chi connectivity index (χ1v) is 9.34. The molecule has 29 heavy (non-hydrogen) atoms. The highest BCUT2D eigenvalue weighted by Gasteiger charge is 2.18. The second-order valence-electron chi connectivity index (χ2n) is 6.29. The molecule has 2 aromatic carbocycles. The van der Waals surface area contributed by atoms with E-state index in [-0.39, 0.29) is 18.5 Å².